The molecule has 0 saturated carbocycles. The van der Waals surface area contributed by atoms with Crippen LogP contribution in [-0.2, 0) is 0 Å². The summed E-state index contributed by atoms with van der Waals surface area (Å²) in [4.78, 5) is 0. The molecule has 0 aliphatic rings. The largest absolute Gasteiger partial charge is 0.214 e. The molecule has 0 bridgehead atoms. The van der Waals surface area contributed by atoms with Gasteiger partial charge in [0.05, 0.1) is 0 Å². The second kappa shape index (κ2) is 6.00. The Morgan fingerprint density at radius 3 is 1.70 bits per heavy atom. The van der Waals surface area contributed by atoms with Gasteiger partial charge in [-0.05, 0) is 38.0 Å². The van der Waals surface area contributed by atoms with E-state index in [9.17, 15) is 0 Å². The second-order valence-corrected chi connectivity index (χ2v) is 6.52. The zero-order chi connectivity index (χ0) is 16.6. The van der Waals surface area contributed by atoms with Gasteiger partial charge in [-0.3, -0.25) is 0 Å². The number of pyridine rings is 1. The molecule has 3 rings (SSSR count). The van der Waals surface area contributed by atoms with Gasteiger partial charge in [0.15, 0.2) is 11.4 Å². The highest BCUT2D eigenvalue weighted by Crippen LogP contribution is 2.22. The van der Waals surface area contributed by atoms with Gasteiger partial charge in [-0.25, -0.2) is 0 Å². The third-order valence-corrected chi connectivity index (χ3v) is 4.41. The maximum atomic E-state index is 2.34. The first-order valence-electron chi connectivity index (χ1n) is 8.13. The van der Waals surface area contributed by atoms with E-state index in [0.29, 0.717) is 0 Å². The van der Waals surface area contributed by atoms with Gasteiger partial charge < -0.3 is 0 Å². The fourth-order valence-corrected chi connectivity index (χ4v) is 3.25. The molecule has 0 spiro atoms. The van der Waals surface area contributed by atoms with E-state index < -0.39 is 0 Å². The van der Waals surface area contributed by atoms with Crippen molar-refractivity contribution in [3.05, 3.63) is 82.7 Å². The van der Waals surface area contributed by atoms with Crippen LogP contribution in [0.25, 0.3) is 16.8 Å². The summed E-state index contributed by atoms with van der Waals surface area (Å²) < 4.78 is 2.34. The number of nitrogens with zero attached hydrogens (tertiary/aromatic N) is 1. The first kappa shape index (κ1) is 15.5. The summed E-state index contributed by atoms with van der Waals surface area (Å²) in [5, 5.41) is 0. The molecular weight excluding hydrogens is 278 g/mol. The normalized spacial score (nSPS) is 10.8. The van der Waals surface area contributed by atoms with Gasteiger partial charge in [0.2, 0.25) is 5.69 Å². The first-order valence-corrected chi connectivity index (χ1v) is 8.13. The van der Waals surface area contributed by atoms with Crippen molar-refractivity contribution in [2.45, 2.75) is 34.6 Å². The van der Waals surface area contributed by atoms with Gasteiger partial charge in [0.25, 0.3) is 0 Å². The Morgan fingerprint density at radius 2 is 1.13 bits per heavy atom. The third-order valence-electron chi connectivity index (χ3n) is 4.41. The van der Waals surface area contributed by atoms with Crippen molar-refractivity contribution in [2.75, 3.05) is 0 Å². The number of hydrogen-bond acceptors (Lipinski definition) is 0. The van der Waals surface area contributed by atoms with Crippen LogP contribution in [0.5, 0.6) is 0 Å². The van der Waals surface area contributed by atoms with Crippen LogP contribution < -0.4 is 4.57 Å². The molecule has 1 aromatic heterocycles. The van der Waals surface area contributed by atoms with Crippen LogP contribution in [0.1, 0.15) is 28.1 Å². The van der Waals surface area contributed by atoms with E-state index in [1.54, 1.807) is 0 Å². The van der Waals surface area contributed by atoms with Gasteiger partial charge in [-0.1, -0.05) is 41.5 Å². The maximum absolute atomic E-state index is 2.34. The second-order valence-electron chi connectivity index (χ2n) is 6.52. The molecule has 1 heteroatoms. The van der Waals surface area contributed by atoms with E-state index in [1.165, 1.54) is 44.9 Å². The quantitative estimate of drug-likeness (QED) is 0.575. The fraction of sp³-hybridized carbons (Fsp3) is 0.227. The molecule has 1 nitrogen and oxygen atoms in total. The van der Waals surface area contributed by atoms with Crippen molar-refractivity contribution >= 4 is 0 Å². The molecule has 0 N–H and O–H groups in total. The highest BCUT2D eigenvalue weighted by molar-refractivity contribution is 5.64. The Balaban J connectivity index is 2.12. The van der Waals surface area contributed by atoms with Crippen molar-refractivity contribution < 1.29 is 4.57 Å². The molecule has 0 atom stereocenters. The van der Waals surface area contributed by atoms with E-state index in [4.69, 9.17) is 0 Å². The van der Waals surface area contributed by atoms with Crippen molar-refractivity contribution in [2.24, 2.45) is 0 Å². The molecule has 0 fully saturated rings. The minimum absolute atomic E-state index is 1.26. The van der Waals surface area contributed by atoms with E-state index in [-0.39, 0.29) is 0 Å². The van der Waals surface area contributed by atoms with Crippen molar-refractivity contribution in [3.8, 4) is 16.8 Å². The monoisotopic (exact) mass is 302 g/mol. The summed E-state index contributed by atoms with van der Waals surface area (Å²) in [6.07, 6.45) is 0. The van der Waals surface area contributed by atoms with Gasteiger partial charge in [-0.2, -0.15) is 4.57 Å². The molecule has 3 aromatic rings. The molecule has 0 aliphatic heterocycles. The van der Waals surface area contributed by atoms with E-state index in [1.807, 2.05) is 0 Å². The smallest absolute Gasteiger partial charge is 0.162 e. The Morgan fingerprint density at radius 1 is 0.565 bits per heavy atom. The van der Waals surface area contributed by atoms with Crippen LogP contribution in [0.4, 0.5) is 0 Å². The standard InChI is InChI=1S/C22H24N/c1-15-6-9-20(10-7-15)21-13-18(4)23(19(5)14-21)22-11-8-16(2)12-17(22)3/h6-14H,1-5H3/q+1. The van der Waals surface area contributed by atoms with Gasteiger partial charge in [0.1, 0.15) is 0 Å². The van der Waals surface area contributed by atoms with Gasteiger partial charge in [0, 0.05) is 37.6 Å². The minimum atomic E-state index is 1.26. The van der Waals surface area contributed by atoms with Crippen molar-refractivity contribution in [1.82, 2.24) is 0 Å². The van der Waals surface area contributed by atoms with Crippen LogP contribution in [0.3, 0.4) is 0 Å². The summed E-state index contributed by atoms with van der Waals surface area (Å²) in [6.45, 7) is 10.8. The SMILES string of the molecule is Cc1ccc(-c2cc(C)[n+](-c3ccc(C)cc3C)c(C)c2)cc1. The predicted octanol–water partition coefficient (Wildman–Crippen LogP) is 5.17. The number of hydrogen-bond donors (Lipinski definition) is 0. The number of aryl methyl sites for hydroxylation is 5. The number of rotatable bonds is 2. The lowest BCUT2D eigenvalue weighted by Gasteiger charge is -2.10. The maximum Gasteiger partial charge on any atom is 0.214 e. The Labute approximate surface area is 139 Å². The van der Waals surface area contributed by atoms with E-state index in [2.05, 4.69) is 93.8 Å². The molecule has 0 aliphatic carbocycles. The molecule has 23 heavy (non-hydrogen) atoms. The van der Waals surface area contributed by atoms with Crippen molar-refractivity contribution in [1.29, 1.82) is 0 Å². The third kappa shape index (κ3) is 3.05. The molecule has 1 heterocycles. The van der Waals surface area contributed by atoms with Gasteiger partial charge >= 0.3 is 0 Å². The van der Waals surface area contributed by atoms with Crippen molar-refractivity contribution in [3.63, 3.8) is 0 Å². The summed E-state index contributed by atoms with van der Waals surface area (Å²) in [5.41, 5.74) is 10.2. The van der Waals surface area contributed by atoms with Gasteiger partial charge in [-0.15, -0.1) is 0 Å². The van der Waals surface area contributed by atoms with Crippen LogP contribution >= 0.6 is 0 Å². The molecule has 2 aromatic carbocycles. The molecule has 0 saturated heterocycles. The zero-order valence-corrected chi connectivity index (χ0v) is 14.6. The topological polar surface area (TPSA) is 3.88 Å². The lowest BCUT2D eigenvalue weighted by molar-refractivity contribution is -0.609. The Kier molecular flexibility index (Phi) is 4.04. The lowest BCUT2D eigenvalue weighted by atomic mass is 10.0. The first-order chi connectivity index (χ1) is 11.0. The van der Waals surface area contributed by atoms with Crippen LogP contribution in [0.15, 0.2) is 54.6 Å². The predicted molar refractivity (Wildman–Crippen MR) is 97.1 cm³/mol. The fourth-order valence-electron chi connectivity index (χ4n) is 3.25. The number of benzene rings is 2. The molecular formula is C22H24N+. The molecule has 0 unspecified atom stereocenters. The highest BCUT2D eigenvalue weighted by Gasteiger charge is 2.18. The Hall–Kier alpha value is -2.41. The van der Waals surface area contributed by atoms with E-state index in [0.717, 1.165) is 0 Å². The zero-order valence-electron chi connectivity index (χ0n) is 14.6. The van der Waals surface area contributed by atoms with Crippen LogP contribution in [0, 0.1) is 34.6 Å². The molecule has 0 radical (unpaired) electrons. The highest BCUT2D eigenvalue weighted by atomic mass is 15.0. The summed E-state index contributed by atoms with van der Waals surface area (Å²) in [6, 6.07) is 19.9. The van der Waals surface area contributed by atoms with E-state index >= 15 is 0 Å². The lowest BCUT2D eigenvalue weighted by Crippen LogP contribution is -2.38. The summed E-state index contributed by atoms with van der Waals surface area (Å²) >= 11 is 0. The number of aromatic nitrogens is 1. The molecule has 0 amide bonds. The summed E-state index contributed by atoms with van der Waals surface area (Å²) in [7, 11) is 0. The van der Waals surface area contributed by atoms with Crippen LogP contribution in [0.2, 0.25) is 0 Å². The minimum Gasteiger partial charge on any atom is -0.162 e. The average molecular weight is 302 g/mol. The summed E-state index contributed by atoms with van der Waals surface area (Å²) in [5.74, 6) is 0. The molecule has 116 valence electrons. The Bertz CT molecular complexity index is 835. The van der Waals surface area contributed by atoms with Crippen LogP contribution in [-0.4, -0.2) is 0 Å². The average Bonchev–Trinajstić information content (AvgIpc) is 2.49.